The topological polar surface area (TPSA) is 76.7 Å². The Hall–Kier alpha value is -2.59. The average molecular weight is 337 g/mol. The van der Waals surface area contributed by atoms with Gasteiger partial charge in [0.2, 0.25) is 17.7 Å². The molecule has 0 amide bonds. The zero-order chi connectivity index (χ0) is 17.5. The lowest BCUT2D eigenvalue weighted by Crippen LogP contribution is -2.18. The standard InChI is InChI=1S/C12H9F6N5/c1-12(2,18)9-21-10(19)23-11(22-9)20-8-6(16)4(14)3(13)5(15)7(8)17/h1-2H3,(H3,19,20,21,22,23). The predicted octanol–water partition coefficient (Wildman–Crippen LogP) is 3.10. The zero-order valence-corrected chi connectivity index (χ0v) is 11.7. The van der Waals surface area contributed by atoms with Crippen molar-refractivity contribution < 1.29 is 26.3 Å². The number of nitrogen functional groups attached to an aromatic ring is 1. The minimum atomic E-state index is -2.31. The van der Waals surface area contributed by atoms with E-state index in [4.69, 9.17) is 5.73 Å². The highest BCUT2D eigenvalue weighted by Gasteiger charge is 2.28. The van der Waals surface area contributed by atoms with Gasteiger partial charge in [0, 0.05) is 0 Å². The Morgan fingerprint density at radius 3 is 1.78 bits per heavy atom. The lowest BCUT2D eigenvalue weighted by molar-refractivity contribution is 0.206. The number of hydrogen-bond donors (Lipinski definition) is 2. The molecule has 2 rings (SSSR count). The van der Waals surface area contributed by atoms with Crippen LogP contribution in [0.3, 0.4) is 0 Å². The summed E-state index contributed by atoms with van der Waals surface area (Å²) in [5, 5.41) is 1.80. The van der Waals surface area contributed by atoms with Gasteiger partial charge in [0.05, 0.1) is 0 Å². The van der Waals surface area contributed by atoms with Gasteiger partial charge in [-0.2, -0.15) is 15.0 Å². The van der Waals surface area contributed by atoms with E-state index in [0.717, 1.165) is 13.8 Å². The number of benzene rings is 1. The molecule has 0 saturated carbocycles. The molecule has 0 radical (unpaired) electrons. The smallest absolute Gasteiger partial charge is 0.232 e. The number of anilines is 3. The molecule has 0 aliphatic rings. The fourth-order valence-corrected chi connectivity index (χ4v) is 1.54. The van der Waals surface area contributed by atoms with Gasteiger partial charge < -0.3 is 11.1 Å². The van der Waals surface area contributed by atoms with Gasteiger partial charge in [-0.3, -0.25) is 0 Å². The molecule has 0 aliphatic carbocycles. The third-order valence-corrected chi connectivity index (χ3v) is 2.63. The molecule has 0 fully saturated rings. The lowest BCUT2D eigenvalue weighted by Gasteiger charge is -2.14. The van der Waals surface area contributed by atoms with Crippen molar-refractivity contribution in [1.82, 2.24) is 15.0 Å². The Labute approximate surface area is 125 Å². The van der Waals surface area contributed by atoms with Crippen LogP contribution in [0.4, 0.5) is 43.9 Å². The Morgan fingerprint density at radius 1 is 0.826 bits per heavy atom. The van der Waals surface area contributed by atoms with Crippen LogP contribution in [0.1, 0.15) is 19.7 Å². The minimum absolute atomic E-state index is 0.489. The van der Waals surface area contributed by atoms with Crippen molar-refractivity contribution in [2.24, 2.45) is 0 Å². The fraction of sp³-hybridized carbons (Fsp3) is 0.250. The van der Waals surface area contributed by atoms with Crippen LogP contribution in [0.25, 0.3) is 0 Å². The number of alkyl halides is 1. The molecular weight excluding hydrogens is 328 g/mol. The van der Waals surface area contributed by atoms with Crippen molar-refractivity contribution in [3.8, 4) is 0 Å². The molecule has 0 unspecified atom stereocenters. The maximum absolute atomic E-state index is 13.8. The molecule has 2 aromatic rings. The predicted molar refractivity (Wildman–Crippen MR) is 67.9 cm³/mol. The molecule has 0 saturated heterocycles. The van der Waals surface area contributed by atoms with E-state index in [1.807, 2.05) is 0 Å². The first-order valence-electron chi connectivity index (χ1n) is 6.01. The maximum atomic E-state index is 13.8. The molecule has 0 spiro atoms. The molecule has 23 heavy (non-hydrogen) atoms. The van der Waals surface area contributed by atoms with Crippen LogP contribution in [0.5, 0.6) is 0 Å². The molecule has 0 atom stereocenters. The quantitative estimate of drug-likeness (QED) is 0.511. The zero-order valence-electron chi connectivity index (χ0n) is 11.7. The van der Waals surface area contributed by atoms with E-state index in [9.17, 15) is 26.3 Å². The molecule has 1 heterocycles. The molecule has 124 valence electrons. The van der Waals surface area contributed by atoms with E-state index < -0.39 is 58.2 Å². The number of nitrogens with two attached hydrogens (primary N) is 1. The Balaban J connectivity index is 2.55. The molecule has 0 aliphatic heterocycles. The largest absolute Gasteiger partial charge is 0.368 e. The summed E-state index contributed by atoms with van der Waals surface area (Å²) in [6, 6.07) is 0. The lowest BCUT2D eigenvalue weighted by atomic mass is 10.1. The molecule has 1 aromatic heterocycles. The van der Waals surface area contributed by atoms with Crippen molar-refractivity contribution in [3.63, 3.8) is 0 Å². The van der Waals surface area contributed by atoms with E-state index in [-0.39, 0.29) is 0 Å². The summed E-state index contributed by atoms with van der Waals surface area (Å²) in [6.07, 6.45) is 0. The Morgan fingerprint density at radius 2 is 1.30 bits per heavy atom. The minimum Gasteiger partial charge on any atom is -0.368 e. The van der Waals surface area contributed by atoms with Crippen LogP contribution in [-0.2, 0) is 5.67 Å². The first-order valence-corrected chi connectivity index (χ1v) is 6.01. The van der Waals surface area contributed by atoms with E-state index in [2.05, 4.69) is 15.0 Å². The molecule has 0 bridgehead atoms. The summed E-state index contributed by atoms with van der Waals surface area (Å²) in [6.45, 7) is 2.15. The van der Waals surface area contributed by atoms with Gasteiger partial charge in [-0.25, -0.2) is 26.3 Å². The summed E-state index contributed by atoms with van der Waals surface area (Å²) in [5.41, 5.74) is 1.83. The highest BCUT2D eigenvalue weighted by atomic mass is 19.2. The van der Waals surface area contributed by atoms with Crippen molar-refractivity contribution >= 4 is 17.6 Å². The fourth-order valence-electron chi connectivity index (χ4n) is 1.54. The molecular formula is C12H9F6N5. The van der Waals surface area contributed by atoms with Gasteiger partial charge in [0.15, 0.2) is 34.8 Å². The van der Waals surface area contributed by atoms with E-state index in [1.54, 1.807) is 5.32 Å². The molecule has 11 heteroatoms. The van der Waals surface area contributed by atoms with Gasteiger partial charge in [-0.15, -0.1) is 0 Å². The van der Waals surface area contributed by atoms with E-state index in [0.29, 0.717) is 0 Å². The van der Waals surface area contributed by atoms with Crippen molar-refractivity contribution in [2.75, 3.05) is 11.1 Å². The van der Waals surface area contributed by atoms with Crippen LogP contribution in [0, 0.1) is 29.1 Å². The first kappa shape index (κ1) is 16.8. The van der Waals surface area contributed by atoms with E-state index >= 15 is 0 Å². The normalized spacial score (nSPS) is 11.7. The second-order valence-electron chi connectivity index (χ2n) is 4.88. The number of nitrogens with one attached hydrogen (secondary N) is 1. The van der Waals surface area contributed by atoms with Gasteiger partial charge >= 0.3 is 0 Å². The number of hydrogen-bond acceptors (Lipinski definition) is 5. The summed E-state index contributed by atoms with van der Waals surface area (Å²) in [4.78, 5) is 10.4. The number of nitrogens with zero attached hydrogens (tertiary/aromatic N) is 3. The second-order valence-corrected chi connectivity index (χ2v) is 4.88. The van der Waals surface area contributed by atoms with Gasteiger partial charge in [0.1, 0.15) is 5.69 Å². The SMILES string of the molecule is CC(C)(F)c1nc(N)nc(Nc2c(F)c(F)c(F)c(F)c2F)n1. The second kappa shape index (κ2) is 5.56. The number of halogens is 6. The van der Waals surface area contributed by atoms with E-state index in [1.165, 1.54) is 0 Å². The number of rotatable bonds is 3. The van der Waals surface area contributed by atoms with Crippen molar-refractivity contribution in [1.29, 1.82) is 0 Å². The summed E-state index contributed by atoms with van der Waals surface area (Å²) < 4.78 is 80.1. The van der Waals surface area contributed by atoms with Crippen LogP contribution in [0.15, 0.2) is 0 Å². The summed E-state index contributed by atoms with van der Waals surface area (Å²) in [5.74, 6) is -12.5. The average Bonchev–Trinajstić information content (AvgIpc) is 2.46. The molecule has 5 nitrogen and oxygen atoms in total. The van der Waals surface area contributed by atoms with Crippen LogP contribution < -0.4 is 11.1 Å². The molecule has 1 aromatic carbocycles. The summed E-state index contributed by atoms with van der Waals surface area (Å²) >= 11 is 0. The monoisotopic (exact) mass is 337 g/mol. The summed E-state index contributed by atoms with van der Waals surface area (Å²) in [7, 11) is 0. The van der Waals surface area contributed by atoms with Gasteiger partial charge in [-0.1, -0.05) is 0 Å². The van der Waals surface area contributed by atoms with Crippen molar-refractivity contribution in [3.05, 3.63) is 34.9 Å². The third-order valence-electron chi connectivity index (χ3n) is 2.63. The highest BCUT2D eigenvalue weighted by molar-refractivity contribution is 5.56. The van der Waals surface area contributed by atoms with Gasteiger partial charge in [-0.05, 0) is 13.8 Å². The maximum Gasteiger partial charge on any atom is 0.232 e. The first-order chi connectivity index (χ1) is 10.5. The number of aromatic nitrogens is 3. The molecule has 3 N–H and O–H groups in total. The van der Waals surface area contributed by atoms with Crippen LogP contribution in [-0.4, -0.2) is 15.0 Å². The third kappa shape index (κ3) is 3.12. The highest BCUT2D eigenvalue weighted by Crippen LogP contribution is 2.29. The Bertz CT molecular complexity index is 745. The van der Waals surface area contributed by atoms with Crippen LogP contribution >= 0.6 is 0 Å². The Kier molecular flexibility index (Phi) is 4.05. The van der Waals surface area contributed by atoms with Crippen molar-refractivity contribution in [2.45, 2.75) is 19.5 Å². The van der Waals surface area contributed by atoms with Gasteiger partial charge in [0.25, 0.3) is 0 Å². The van der Waals surface area contributed by atoms with Crippen LogP contribution in [0.2, 0.25) is 0 Å².